The monoisotopic (exact) mass is 492 g/mol. The first-order valence-electron chi connectivity index (χ1n) is 12.0. The van der Waals surface area contributed by atoms with Gasteiger partial charge in [0.2, 0.25) is 5.75 Å². The second-order valence-electron chi connectivity index (χ2n) is 8.89. The highest BCUT2D eigenvalue weighted by atomic mass is 19.1. The number of carbonyl (C=O) groups is 2. The minimum absolute atomic E-state index is 0.0154. The molecule has 1 N–H and O–H groups in total. The minimum Gasteiger partial charge on any atom is -0.501 e. The van der Waals surface area contributed by atoms with Gasteiger partial charge in [0, 0.05) is 58.2 Å². The molecule has 36 heavy (non-hydrogen) atoms. The van der Waals surface area contributed by atoms with Gasteiger partial charge in [-0.1, -0.05) is 30.3 Å². The first-order chi connectivity index (χ1) is 17.3. The molecular weight excluding hydrogens is 463 g/mol. The van der Waals surface area contributed by atoms with Crippen molar-refractivity contribution in [2.75, 3.05) is 32.7 Å². The van der Waals surface area contributed by atoms with Crippen LogP contribution >= 0.6 is 0 Å². The Kier molecular flexibility index (Phi) is 7.90. The van der Waals surface area contributed by atoms with Crippen LogP contribution in [0.3, 0.4) is 0 Å². The number of benzene rings is 2. The lowest BCUT2D eigenvalue weighted by atomic mass is 10.1. The van der Waals surface area contributed by atoms with Crippen LogP contribution in [0.25, 0.3) is 0 Å². The van der Waals surface area contributed by atoms with Gasteiger partial charge in [0.25, 0.3) is 11.5 Å². The van der Waals surface area contributed by atoms with Gasteiger partial charge < -0.3 is 10.0 Å². The van der Waals surface area contributed by atoms with Crippen LogP contribution in [0.5, 0.6) is 5.75 Å². The molecular formula is C27H29FN4O4. The number of aromatic hydroxyl groups is 1. The van der Waals surface area contributed by atoms with Crippen LogP contribution in [0.1, 0.15) is 38.7 Å². The van der Waals surface area contributed by atoms with Crippen molar-refractivity contribution in [1.82, 2.24) is 19.4 Å². The summed E-state index contributed by atoms with van der Waals surface area (Å²) in [6.45, 7) is 3.18. The van der Waals surface area contributed by atoms with E-state index in [0.717, 1.165) is 5.56 Å². The molecule has 1 amide bonds. The second-order valence-corrected chi connectivity index (χ2v) is 8.89. The summed E-state index contributed by atoms with van der Waals surface area (Å²) in [5.41, 5.74) is 0.556. The molecule has 0 spiro atoms. The van der Waals surface area contributed by atoms with Crippen molar-refractivity contribution >= 4 is 11.7 Å². The van der Waals surface area contributed by atoms with Crippen LogP contribution in [0.2, 0.25) is 0 Å². The molecule has 0 unspecified atom stereocenters. The number of hydrogen-bond acceptors (Lipinski definition) is 6. The van der Waals surface area contributed by atoms with E-state index in [1.807, 2.05) is 35.2 Å². The summed E-state index contributed by atoms with van der Waals surface area (Å²) >= 11 is 0. The summed E-state index contributed by atoms with van der Waals surface area (Å²) in [5, 5.41) is 10.3. The average molecular weight is 493 g/mol. The fourth-order valence-electron chi connectivity index (χ4n) is 4.28. The number of ketones is 1. The standard InChI is InChI=1S/C27H29FN4O4/c1-30-23(13-14-31-15-17-32(18-16-31)26(35)20-5-3-2-4-6-20)29-24(25(34)27(30)36)22(33)12-9-19-7-10-21(28)11-8-19/h2-8,10-11,34H,9,12-18H2,1H3. The third-order valence-corrected chi connectivity index (χ3v) is 6.51. The van der Waals surface area contributed by atoms with Crippen LogP contribution in [0.15, 0.2) is 59.4 Å². The summed E-state index contributed by atoms with van der Waals surface area (Å²) in [6.07, 6.45) is 0.795. The number of hydrogen-bond donors (Lipinski definition) is 1. The lowest BCUT2D eigenvalue weighted by Crippen LogP contribution is -2.49. The molecule has 0 bridgehead atoms. The van der Waals surface area contributed by atoms with E-state index in [0.29, 0.717) is 57.0 Å². The molecule has 4 rings (SSSR count). The van der Waals surface area contributed by atoms with E-state index in [2.05, 4.69) is 9.88 Å². The molecule has 1 aromatic heterocycles. The Balaban J connectivity index is 1.36. The number of nitrogens with zero attached hydrogens (tertiary/aromatic N) is 4. The average Bonchev–Trinajstić information content (AvgIpc) is 2.91. The Morgan fingerprint density at radius 2 is 1.64 bits per heavy atom. The van der Waals surface area contributed by atoms with Crippen LogP contribution in [-0.4, -0.2) is 68.9 Å². The minimum atomic E-state index is -0.664. The summed E-state index contributed by atoms with van der Waals surface area (Å²) in [4.78, 5) is 46.3. The molecule has 1 aliphatic heterocycles. The maximum Gasteiger partial charge on any atom is 0.296 e. The van der Waals surface area contributed by atoms with Gasteiger partial charge in [-0.15, -0.1) is 0 Å². The van der Waals surface area contributed by atoms with Crippen molar-refractivity contribution in [3.63, 3.8) is 0 Å². The molecule has 9 heteroatoms. The molecule has 0 aliphatic carbocycles. The second kappa shape index (κ2) is 11.3. The third-order valence-electron chi connectivity index (χ3n) is 6.51. The van der Waals surface area contributed by atoms with Gasteiger partial charge >= 0.3 is 0 Å². The van der Waals surface area contributed by atoms with Crippen molar-refractivity contribution in [3.8, 4) is 5.75 Å². The van der Waals surface area contributed by atoms with Crippen molar-refractivity contribution in [2.24, 2.45) is 7.05 Å². The van der Waals surface area contributed by atoms with Gasteiger partial charge in [-0.2, -0.15) is 0 Å². The molecule has 0 atom stereocenters. The number of carbonyl (C=O) groups excluding carboxylic acids is 2. The Labute approximate surface area is 208 Å². The quantitative estimate of drug-likeness (QED) is 0.486. The topological polar surface area (TPSA) is 95.7 Å². The van der Waals surface area contributed by atoms with Crippen LogP contribution < -0.4 is 5.56 Å². The third kappa shape index (κ3) is 5.85. The first-order valence-corrected chi connectivity index (χ1v) is 12.0. The van der Waals surface area contributed by atoms with Gasteiger partial charge in [-0.3, -0.25) is 23.9 Å². The predicted octanol–water partition coefficient (Wildman–Crippen LogP) is 2.44. The summed E-state index contributed by atoms with van der Waals surface area (Å²) in [6, 6.07) is 15.0. The molecule has 0 radical (unpaired) electrons. The molecule has 0 saturated carbocycles. The number of Topliss-reactive ketones (excluding diaryl/α,β-unsaturated/α-hetero) is 1. The number of aryl methyl sites for hydroxylation is 1. The van der Waals surface area contributed by atoms with Crippen LogP contribution in [-0.2, 0) is 19.9 Å². The smallest absolute Gasteiger partial charge is 0.296 e. The fourth-order valence-corrected chi connectivity index (χ4v) is 4.28. The SMILES string of the molecule is Cn1c(CCN2CCN(C(=O)c3ccccc3)CC2)nc(C(=O)CCc2ccc(F)cc2)c(O)c1=O. The highest BCUT2D eigenvalue weighted by Crippen LogP contribution is 2.15. The Bertz CT molecular complexity index is 1280. The zero-order chi connectivity index (χ0) is 25.7. The number of piperazine rings is 1. The number of rotatable bonds is 8. The summed E-state index contributed by atoms with van der Waals surface area (Å²) < 4.78 is 14.4. The van der Waals surface area contributed by atoms with Crippen molar-refractivity contribution < 1.29 is 19.1 Å². The molecule has 8 nitrogen and oxygen atoms in total. The Hall–Kier alpha value is -3.85. The highest BCUT2D eigenvalue weighted by Gasteiger charge is 2.23. The van der Waals surface area contributed by atoms with E-state index in [1.165, 1.54) is 23.7 Å². The molecule has 2 heterocycles. The predicted molar refractivity (Wildman–Crippen MR) is 133 cm³/mol. The summed E-state index contributed by atoms with van der Waals surface area (Å²) in [5.74, 6) is -1.03. The first kappa shape index (κ1) is 25.2. The normalized spacial score (nSPS) is 14.1. The van der Waals surface area contributed by atoms with Crippen LogP contribution in [0, 0.1) is 5.82 Å². The fraction of sp³-hybridized carbons (Fsp3) is 0.333. The molecule has 188 valence electrons. The molecule has 3 aromatic rings. The molecule has 1 fully saturated rings. The highest BCUT2D eigenvalue weighted by molar-refractivity contribution is 5.96. The van der Waals surface area contributed by atoms with Crippen molar-refractivity contribution in [2.45, 2.75) is 19.3 Å². The van der Waals surface area contributed by atoms with Gasteiger partial charge in [-0.05, 0) is 36.2 Å². The Morgan fingerprint density at radius 3 is 2.31 bits per heavy atom. The number of amides is 1. The van der Waals surface area contributed by atoms with Gasteiger partial charge in [0.1, 0.15) is 11.6 Å². The van der Waals surface area contributed by atoms with E-state index >= 15 is 0 Å². The van der Waals surface area contributed by atoms with E-state index in [4.69, 9.17) is 0 Å². The molecule has 1 aliphatic rings. The van der Waals surface area contributed by atoms with Gasteiger partial charge in [0.05, 0.1) is 0 Å². The van der Waals surface area contributed by atoms with E-state index in [1.54, 1.807) is 12.1 Å². The lowest BCUT2D eigenvalue weighted by Gasteiger charge is -2.34. The summed E-state index contributed by atoms with van der Waals surface area (Å²) in [7, 11) is 1.52. The van der Waals surface area contributed by atoms with E-state index in [9.17, 15) is 23.9 Å². The van der Waals surface area contributed by atoms with E-state index < -0.39 is 17.1 Å². The number of halogens is 1. The lowest BCUT2D eigenvalue weighted by molar-refractivity contribution is 0.0637. The van der Waals surface area contributed by atoms with Crippen molar-refractivity contribution in [3.05, 3.63) is 93.4 Å². The maximum atomic E-state index is 13.1. The molecule has 2 aromatic carbocycles. The zero-order valence-electron chi connectivity index (χ0n) is 20.2. The maximum absolute atomic E-state index is 13.1. The van der Waals surface area contributed by atoms with Crippen LogP contribution in [0.4, 0.5) is 4.39 Å². The largest absolute Gasteiger partial charge is 0.501 e. The zero-order valence-corrected chi connectivity index (χ0v) is 20.2. The van der Waals surface area contributed by atoms with Gasteiger partial charge in [0.15, 0.2) is 11.5 Å². The van der Waals surface area contributed by atoms with Crippen molar-refractivity contribution in [1.29, 1.82) is 0 Å². The van der Waals surface area contributed by atoms with Gasteiger partial charge in [-0.25, -0.2) is 9.37 Å². The van der Waals surface area contributed by atoms with E-state index in [-0.39, 0.29) is 23.8 Å². The Morgan fingerprint density at radius 1 is 0.972 bits per heavy atom. The number of aromatic nitrogens is 2. The molecule has 1 saturated heterocycles.